The van der Waals surface area contributed by atoms with Crippen LogP contribution < -0.4 is 16.5 Å². The highest BCUT2D eigenvalue weighted by Gasteiger charge is 2.11. The lowest BCUT2D eigenvalue weighted by Crippen LogP contribution is -2.30. The van der Waals surface area contributed by atoms with Crippen LogP contribution in [0.3, 0.4) is 0 Å². The second-order valence-electron chi connectivity index (χ2n) is 5.68. The van der Waals surface area contributed by atoms with Crippen molar-refractivity contribution in [1.29, 1.82) is 5.41 Å². The molecule has 0 aliphatic carbocycles. The minimum absolute atomic E-state index is 0.0192. The highest BCUT2D eigenvalue weighted by Crippen LogP contribution is 2.23. The number of carbonyl (C=O) groups excluding carboxylic acids is 1. The van der Waals surface area contributed by atoms with Crippen LogP contribution in [-0.2, 0) is 6.54 Å². The van der Waals surface area contributed by atoms with Crippen molar-refractivity contribution in [1.82, 2.24) is 9.47 Å². The lowest BCUT2D eigenvalue weighted by atomic mass is 10.1. The number of hydrogen-bond donors (Lipinski definition) is 3. The normalized spacial score (nSPS) is 10.4. The monoisotopic (exact) mass is 379 g/mol. The molecular formula is C17H19Cl2N5O. The van der Waals surface area contributed by atoms with Gasteiger partial charge in [0.15, 0.2) is 0 Å². The van der Waals surface area contributed by atoms with Gasteiger partial charge in [0.1, 0.15) is 5.49 Å². The quantitative estimate of drug-likeness (QED) is 0.720. The first kappa shape index (κ1) is 18.9. The van der Waals surface area contributed by atoms with E-state index in [0.717, 1.165) is 11.3 Å². The molecule has 6 nitrogen and oxygen atoms in total. The molecule has 8 heteroatoms. The zero-order valence-electron chi connectivity index (χ0n) is 13.9. The van der Waals surface area contributed by atoms with Gasteiger partial charge in [-0.1, -0.05) is 29.8 Å². The van der Waals surface area contributed by atoms with Gasteiger partial charge < -0.3 is 20.5 Å². The molecule has 0 aliphatic heterocycles. The number of aromatic nitrogens is 1. The van der Waals surface area contributed by atoms with Crippen molar-refractivity contribution in [2.24, 2.45) is 5.73 Å². The Morgan fingerprint density at radius 2 is 2.00 bits per heavy atom. The van der Waals surface area contributed by atoms with Crippen LogP contribution in [0.15, 0.2) is 42.9 Å². The van der Waals surface area contributed by atoms with Crippen molar-refractivity contribution in [2.45, 2.75) is 6.54 Å². The van der Waals surface area contributed by atoms with Crippen molar-refractivity contribution < 1.29 is 4.79 Å². The largest absolute Gasteiger partial charge is 0.365 e. The SMILES string of the molecule is C=C(Nc1ccc(Cl)cc1Cn1cc(Cl)cc(C(N)=O)c1=N)N(C)C. The van der Waals surface area contributed by atoms with Crippen LogP contribution in [0, 0.1) is 5.41 Å². The summed E-state index contributed by atoms with van der Waals surface area (Å²) in [5.74, 6) is -0.00438. The highest BCUT2D eigenvalue weighted by molar-refractivity contribution is 6.31. The van der Waals surface area contributed by atoms with Crippen LogP contribution in [0.5, 0.6) is 0 Å². The number of nitrogens with one attached hydrogen (secondary N) is 2. The number of halogens is 2. The Morgan fingerprint density at radius 1 is 1.32 bits per heavy atom. The molecule has 1 aromatic heterocycles. The number of pyridine rings is 1. The molecule has 1 aromatic carbocycles. The predicted molar refractivity (Wildman–Crippen MR) is 101 cm³/mol. The lowest BCUT2D eigenvalue weighted by Gasteiger charge is -2.20. The van der Waals surface area contributed by atoms with Crippen LogP contribution in [0.4, 0.5) is 5.69 Å². The first-order valence-electron chi connectivity index (χ1n) is 7.35. The average Bonchev–Trinajstić information content (AvgIpc) is 2.52. The molecule has 0 aliphatic rings. The first-order chi connectivity index (χ1) is 11.7. The Hall–Kier alpha value is -2.44. The van der Waals surface area contributed by atoms with Gasteiger partial charge in [0.05, 0.1) is 23.0 Å². The minimum Gasteiger partial charge on any atom is -0.365 e. The second-order valence-corrected chi connectivity index (χ2v) is 6.55. The third-order valence-electron chi connectivity index (χ3n) is 3.60. The third kappa shape index (κ3) is 4.55. The van der Waals surface area contributed by atoms with Gasteiger partial charge in [0.2, 0.25) is 0 Å². The molecule has 0 saturated carbocycles. The number of rotatable bonds is 6. The lowest BCUT2D eigenvalue weighted by molar-refractivity contribution is 0.0998. The van der Waals surface area contributed by atoms with E-state index in [1.165, 1.54) is 10.6 Å². The first-order valence-corrected chi connectivity index (χ1v) is 8.10. The van der Waals surface area contributed by atoms with E-state index in [-0.39, 0.29) is 17.6 Å². The van der Waals surface area contributed by atoms with E-state index in [4.69, 9.17) is 34.3 Å². The summed E-state index contributed by atoms with van der Waals surface area (Å²) in [6.45, 7) is 4.23. The van der Waals surface area contributed by atoms with E-state index in [9.17, 15) is 4.79 Å². The van der Waals surface area contributed by atoms with Crippen molar-refractivity contribution in [3.05, 3.63) is 69.5 Å². The number of nitrogens with two attached hydrogens (primary N) is 1. The van der Waals surface area contributed by atoms with Gasteiger partial charge in [-0.3, -0.25) is 10.2 Å². The van der Waals surface area contributed by atoms with Gasteiger partial charge in [0, 0.05) is 31.0 Å². The highest BCUT2D eigenvalue weighted by atomic mass is 35.5. The molecule has 0 radical (unpaired) electrons. The molecule has 0 bridgehead atoms. The van der Waals surface area contributed by atoms with Crippen LogP contribution >= 0.6 is 23.2 Å². The minimum atomic E-state index is -0.702. The van der Waals surface area contributed by atoms with E-state index < -0.39 is 5.91 Å². The molecule has 0 spiro atoms. The molecule has 1 heterocycles. The van der Waals surface area contributed by atoms with Crippen LogP contribution in [-0.4, -0.2) is 29.5 Å². The summed E-state index contributed by atoms with van der Waals surface area (Å²) in [6, 6.07) is 6.75. The molecule has 132 valence electrons. The van der Waals surface area contributed by atoms with Crippen LogP contribution in [0.1, 0.15) is 15.9 Å². The number of carbonyl (C=O) groups is 1. The second kappa shape index (κ2) is 7.63. The Labute approximate surface area is 156 Å². The molecule has 1 amide bonds. The summed E-state index contributed by atoms with van der Waals surface area (Å²) >= 11 is 12.2. The maximum absolute atomic E-state index is 11.5. The van der Waals surface area contributed by atoms with Gasteiger partial charge >= 0.3 is 0 Å². The Bertz CT molecular complexity index is 889. The molecule has 2 aromatic rings. The molecule has 0 unspecified atom stereocenters. The number of benzene rings is 1. The van der Waals surface area contributed by atoms with Gasteiger partial charge in [-0.2, -0.15) is 0 Å². The molecule has 2 rings (SSSR count). The van der Waals surface area contributed by atoms with E-state index in [1.807, 2.05) is 25.1 Å². The zero-order chi connectivity index (χ0) is 18.7. The smallest absolute Gasteiger partial charge is 0.252 e. The zero-order valence-corrected chi connectivity index (χ0v) is 15.4. The van der Waals surface area contributed by atoms with Gasteiger partial charge in [-0.25, -0.2) is 0 Å². The van der Waals surface area contributed by atoms with Crippen molar-refractivity contribution in [3.63, 3.8) is 0 Å². The van der Waals surface area contributed by atoms with Crippen molar-refractivity contribution in [3.8, 4) is 0 Å². The number of anilines is 1. The molecule has 0 atom stereocenters. The standard InChI is InChI=1S/C17H19Cl2N5O/c1-10(23(2)3)22-15-5-4-12(18)6-11(15)8-24-9-13(19)7-14(16(24)20)17(21)25/h4-7,9,20,22H,1,8H2,2-3H3,(H2,21,25). The summed E-state index contributed by atoms with van der Waals surface area (Å²) in [6.07, 6.45) is 1.57. The van der Waals surface area contributed by atoms with Gasteiger partial charge in [0.25, 0.3) is 5.91 Å². The summed E-state index contributed by atoms with van der Waals surface area (Å²) in [7, 11) is 3.75. The van der Waals surface area contributed by atoms with Crippen molar-refractivity contribution in [2.75, 3.05) is 19.4 Å². The predicted octanol–water partition coefficient (Wildman–Crippen LogP) is 2.87. The molecule has 25 heavy (non-hydrogen) atoms. The van der Waals surface area contributed by atoms with E-state index >= 15 is 0 Å². The fourth-order valence-corrected chi connectivity index (χ4v) is 2.61. The Morgan fingerprint density at radius 3 is 2.60 bits per heavy atom. The molecule has 0 saturated heterocycles. The maximum atomic E-state index is 11.5. The topological polar surface area (TPSA) is 87.1 Å². The summed E-state index contributed by atoms with van der Waals surface area (Å²) in [5.41, 5.74) is 6.95. The number of primary amides is 1. The number of nitrogens with zero attached hydrogens (tertiary/aromatic N) is 2. The van der Waals surface area contributed by atoms with E-state index in [2.05, 4.69) is 11.9 Å². The summed E-state index contributed by atoms with van der Waals surface area (Å²) < 4.78 is 1.54. The summed E-state index contributed by atoms with van der Waals surface area (Å²) in [4.78, 5) is 13.3. The average molecular weight is 380 g/mol. The number of amides is 1. The fourth-order valence-electron chi connectivity index (χ4n) is 2.19. The van der Waals surface area contributed by atoms with Gasteiger partial charge in [-0.05, 0) is 29.8 Å². The van der Waals surface area contributed by atoms with Crippen molar-refractivity contribution >= 4 is 34.8 Å². The summed E-state index contributed by atoms with van der Waals surface area (Å²) in [5, 5.41) is 12.3. The fraction of sp³-hybridized carbons (Fsp3) is 0.176. The van der Waals surface area contributed by atoms with E-state index in [1.54, 1.807) is 18.3 Å². The van der Waals surface area contributed by atoms with Gasteiger partial charge in [-0.15, -0.1) is 0 Å². The number of hydrogen-bond acceptors (Lipinski definition) is 4. The third-order valence-corrected chi connectivity index (χ3v) is 4.04. The van der Waals surface area contributed by atoms with Crippen LogP contribution in [0.2, 0.25) is 10.0 Å². The Kier molecular flexibility index (Phi) is 5.77. The van der Waals surface area contributed by atoms with E-state index in [0.29, 0.717) is 15.9 Å². The Balaban J connectivity index is 2.47. The molecular weight excluding hydrogens is 361 g/mol. The maximum Gasteiger partial charge on any atom is 0.252 e. The van der Waals surface area contributed by atoms with Crippen LogP contribution in [0.25, 0.3) is 0 Å². The molecule has 0 fully saturated rings. The molecule has 4 N–H and O–H groups in total.